The molecule has 8 heteroatoms. The number of aryl methyl sites for hydroxylation is 1. The molecule has 0 aliphatic carbocycles. The van der Waals surface area contributed by atoms with Gasteiger partial charge in [-0.1, -0.05) is 0 Å². The van der Waals surface area contributed by atoms with E-state index in [1.54, 1.807) is 6.33 Å². The molecule has 2 heterocycles. The molecular weight excluding hydrogens is 242 g/mol. The first-order valence-corrected chi connectivity index (χ1v) is 5.88. The highest BCUT2D eigenvalue weighted by Crippen LogP contribution is 2.15. The molecular formula is C9H11N5O2S. The molecule has 7 nitrogen and oxygen atoms in total. The van der Waals surface area contributed by atoms with Gasteiger partial charge in [0.2, 0.25) is 0 Å². The lowest BCUT2D eigenvalue weighted by Crippen LogP contribution is -2.07. The second kappa shape index (κ2) is 4.91. The van der Waals surface area contributed by atoms with E-state index in [0.717, 1.165) is 12.4 Å². The standard InChI is InChI=1S/C9H11N5O2S/c1-2-14-5-11-13-7(14)3-10-9-12-6(4-17-9)8(15)16/h4-5H,2-3H2,1H3,(H,10,12)(H,15,16). The van der Waals surface area contributed by atoms with Crippen LogP contribution in [0.1, 0.15) is 23.2 Å². The SMILES string of the molecule is CCn1cnnc1CNc1nc(C(=O)O)cs1. The van der Waals surface area contributed by atoms with Gasteiger partial charge < -0.3 is 15.0 Å². The van der Waals surface area contributed by atoms with Gasteiger partial charge in [0.1, 0.15) is 6.33 Å². The molecule has 0 saturated carbocycles. The van der Waals surface area contributed by atoms with Crippen molar-refractivity contribution < 1.29 is 9.90 Å². The van der Waals surface area contributed by atoms with Crippen molar-refractivity contribution >= 4 is 22.4 Å². The van der Waals surface area contributed by atoms with Gasteiger partial charge in [0, 0.05) is 11.9 Å². The number of aromatic carboxylic acids is 1. The Morgan fingerprint density at radius 1 is 1.65 bits per heavy atom. The Bertz CT molecular complexity index is 521. The van der Waals surface area contributed by atoms with Crippen molar-refractivity contribution in [3.05, 3.63) is 23.2 Å². The number of nitrogens with one attached hydrogen (secondary N) is 1. The van der Waals surface area contributed by atoms with Crippen LogP contribution in [0.15, 0.2) is 11.7 Å². The molecule has 2 rings (SSSR count). The molecule has 0 bridgehead atoms. The minimum atomic E-state index is -1.02. The maximum atomic E-state index is 10.6. The smallest absolute Gasteiger partial charge is 0.355 e. The first-order chi connectivity index (χ1) is 8.20. The number of carbonyl (C=O) groups is 1. The number of anilines is 1. The summed E-state index contributed by atoms with van der Waals surface area (Å²) in [6.45, 7) is 3.27. The molecule has 17 heavy (non-hydrogen) atoms. The molecule has 0 aliphatic rings. The lowest BCUT2D eigenvalue weighted by Gasteiger charge is -2.03. The van der Waals surface area contributed by atoms with Crippen LogP contribution >= 0.6 is 11.3 Å². The fourth-order valence-corrected chi connectivity index (χ4v) is 1.97. The van der Waals surface area contributed by atoms with E-state index in [4.69, 9.17) is 5.11 Å². The Balaban J connectivity index is 2.00. The third-order valence-electron chi connectivity index (χ3n) is 2.16. The summed E-state index contributed by atoms with van der Waals surface area (Å²) >= 11 is 1.25. The zero-order chi connectivity index (χ0) is 12.3. The predicted molar refractivity (Wildman–Crippen MR) is 62.1 cm³/mol. The van der Waals surface area contributed by atoms with Crippen molar-refractivity contribution in [3.63, 3.8) is 0 Å². The molecule has 0 aromatic carbocycles. The van der Waals surface area contributed by atoms with E-state index in [2.05, 4.69) is 20.5 Å². The molecule has 0 aliphatic heterocycles. The summed E-state index contributed by atoms with van der Waals surface area (Å²) in [7, 11) is 0. The van der Waals surface area contributed by atoms with Crippen molar-refractivity contribution in [1.82, 2.24) is 19.7 Å². The Labute approximate surface area is 101 Å². The second-order valence-electron chi connectivity index (χ2n) is 3.23. The second-order valence-corrected chi connectivity index (χ2v) is 4.09. The average molecular weight is 253 g/mol. The van der Waals surface area contributed by atoms with Crippen LogP contribution in [-0.4, -0.2) is 30.8 Å². The number of rotatable bonds is 5. The minimum absolute atomic E-state index is 0.0504. The topological polar surface area (TPSA) is 92.9 Å². The summed E-state index contributed by atoms with van der Waals surface area (Å²) in [5, 5.41) is 21.6. The number of hydrogen-bond donors (Lipinski definition) is 2. The number of thiazole rings is 1. The van der Waals surface area contributed by atoms with Crippen LogP contribution in [0.2, 0.25) is 0 Å². The third-order valence-corrected chi connectivity index (χ3v) is 2.96. The number of hydrogen-bond acceptors (Lipinski definition) is 6. The quantitative estimate of drug-likeness (QED) is 0.827. The zero-order valence-corrected chi connectivity index (χ0v) is 9.94. The summed E-state index contributed by atoms with van der Waals surface area (Å²) in [5.74, 6) is -0.231. The average Bonchev–Trinajstić information content (AvgIpc) is 2.95. The van der Waals surface area contributed by atoms with Gasteiger partial charge in [-0.05, 0) is 6.92 Å². The molecule has 0 spiro atoms. The van der Waals surface area contributed by atoms with Gasteiger partial charge in [0.25, 0.3) is 0 Å². The van der Waals surface area contributed by atoms with Gasteiger partial charge in [-0.15, -0.1) is 21.5 Å². The summed E-state index contributed by atoms with van der Waals surface area (Å²) in [4.78, 5) is 14.6. The van der Waals surface area contributed by atoms with Crippen molar-refractivity contribution in [3.8, 4) is 0 Å². The van der Waals surface area contributed by atoms with E-state index in [1.165, 1.54) is 16.7 Å². The van der Waals surface area contributed by atoms with Crippen LogP contribution < -0.4 is 5.32 Å². The summed E-state index contributed by atoms with van der Waals surface area (Å²) in [6.07, 6.45) is 1.65. The molecule has 2 aromatic heterocycles. The number of carboxylic acids is 1. The van der Waals surface area contributed by atoms with Crippen molar-refractivity contribution in [1.29, 1.82) is 0 Å². The summed E-state index contributed by atoms with van der Waals surface area (Å²) < 4.78 is 1.90. The van der Waals surface area contributed by atoms with Crippen LogP contribution in [0.5, 0.6) is 0 Å². The fourth-order valence-electron chi connectivity index (χ4n) is 1.29. The number of nitrogens with zero attached hydrogens (tertiary/aromatic N) is 4. The van der Waals surface area contributed by atoms with E-state index < -0.39 is 5.97 Å². The summed E-state index contributed by atoms with van der Waals surface area (Å²) in [6, 6.07) is 0. The van der Waals surface area contributed by atoms with E-state index in [1.807, 2.05) is 11.5 Å². The zero-order valence-electron chi connectivity index (χ0n) is 9.12. The van der Waals surface area contributed by atoms with Crippen molar-refractivity contribution in [2.75, 3.05) is 5.32 Å². The Hall–Kier alpha value is -1.96. The van der Waals surface area contributed by atoms with Crippen molar-refractivity contribution in [2.24, 2.45) is 0 Å². The maximum absolute atomic E-state index is 10.6. The third kappa shape index (κ3) is 2.59. The Morgan fingerprint density at radius 2 is 2.47 bits per heavy atom. The molecule has 0 fully saturated rings. The van der Waals surface area contributed by atoms with Gasteiger partial charge in [-0.3, -0.25) is 0 Å². The van der Waals surface area contributed by atoms with E-state index in [0.29, 0.717) is 11.7 Å². The molecule has 0 atom stereocenters. The van der Waals surface area contributed by atoms with E-state index in [9.17, 15) is 4.79 Å². The normalized spacial score (nSPS) is 10.4. The maximum Gasteiger partial charge on any atom is 0.355 e. The Morgan fingerprint density at radius 3 is 3.12 bits per heavy atom. The van der Waals surface area contributed by atoms with Crippen LogP contribution in [-0.2, 0) is 13.1 Å². The van der Waals surface area contributed by atoms with Crippen molar-refractivity contribution in [2.45, 2.75) is 20.0 Å². The van der Waals surface area contributed by atoms with Gasteiger partial charge in [-0.25, -0.2) is 9.78 Å². The molecule has 90 valence electrons. The lowest BCUT2D eigenvalue weighted by molar-refractivity contribution is 0.0691. The van der Waals surface area contributed by atoms with E-state index in [-0.39, 0.29) is 5.69 Å². The largest absolute Gasteiger partial charge is 0.476 e. The van der Waals surface area contributed by atoms with Crippen LogP contribution in [0.3, 0.4) is 0 Å². The molecule has 0 unspecified atom stereocenters. The number of carboxylic acid groups (broad SMARTS) is 1. The predicted octanol–water partition coefficient (Wildman–Crippen LogP) is 1.06. The number of aromatic nitrogens is 4. The van der Waals surface area contributed by atoms with Crippen LogP contribution in [0.4, 0.5) is 5.13 Å². The van der Waals surface area contributed by atoms with Crippen LogP contribution in [0.25, 0.3) is 0 Å². The molecule has 0 amide bonds. The van der Waals surface area contributed by atoms with Gasteiger partial charge in [0.05, 0.1) is 6.54 Å². The van der Waals surface area contributed by atoms with E-state index >= 15 is 0 Å². The van der Waals surface area contributed by atoms with Gasteiger partial charge in [0.15, 0.2) is 16.6 Å². The molecule has 2 N–H and O–H groups in total. The van der Waals surface area contributed by atoms with Gasteiger partial charge in [-0.2, -0.15) is 0 Å². The first kappa shape index (κ1) is 11.5. The van der Waals surface area contributed by atoms with Crippen LogP contribution in [0, 0.1) is 0 Å². The minimum Gasteiger partial charge on any atom is -0.476 e. The Kier molecular flexibility index (Phi) is 3.33. The first-order valence-electron chi connectivity index (χ1n) is 5.00. The summed E-state index contributed by atoms with van der Waals surface area (Å²) in [5.41, 5.74) is 0.0504. The molecule has 0 radical (unpaired) electrons. The van der Waals surface area contributed by atoms with Gasteiger partial charge >= 0.3 is 5.97 Å². The molecule has 0 saturated heterocycles. The fraction of sp³-hybridized carbons (Fsp3) is 0.333. The monoisotopic (exact) mass is 253 g/mol. The highest BCUT2D eigenvalue weighted by molar-refractivity contribution is 7.13. The lowest BCUT2D eigenvalue weighted by atomic mass is 10.5. The highest BCUT2D eigenvalue weighted by atomic mass is 32.1. The highest BCUT2D eigenvalue weighted by Gasteiger charge is 2.09. The molecule has 2 aromatic rings.